The molecule has 1 amide bonds. The Balaban J connectivity index is 1.23. The minimum Gasteiger partial charge on any atom is -0.300 e. The van der Waals surface area contributed by atoms with Gasteiger partial charge in [-0.05, 0) is 91.8 Å². The quantitative estimate of drug-likeness (QED) is 0.519. The third kappa shape index (κ3) is 3.73. The average molecular weight is 491 g/mol. The number of hydrogen-bond donors (Lipinski definition) is 1. The van der Waals surface area contributed by atoms with Crippen molar-refractivity contribution in [1.29, 1.82) is 0 Å². The number of carbonyl (C=O) groups excluding carboxylic acids is 1. The lowest BCUT2D eigenvalue weighted by atomic mass is 9.50. The summed E-state index contributed by atoms with van der Waals surface area (Å²) in [4.78, 5) is 17.5. The van der Waals surface area contributed by atoms with Crippen molar-refractivity contribution in [3.8, 4) is 0 Å². The summed E-state index contributed by atoms with van der Waals surface area (Å²) >= 11 is 15.1. The molecule has 0 radical (unpaired) electrons. The number of benzene rings is 1. The van der Waals surface area contributed by atoms with E-state index in [4.69, 9.17) is 23.2 Å². The van der Waals surface area contributed by atoms with Crippen molar-refractivity contribution in [3.05, 3.63) is 43.7 Å². The summed E-state index contributed by atoms with van der Waals surface area (Å²) in [6, 6.07) is 5.21. The summed E-state index contributed by atoms with van der Waals surface area (Å²) < 4.78 is 0. The van der Waals surface area contributed by atoms with Gasteiger partial charge in [-0.3, -0.25) is 4.79 Å². The number of aliphatic imine (C=N–C) groups is 1. The summed E-state index contributed by atoms with van der Waals surface area (Å²) in [6.45, 7) is 0. The molecular formula is C22H20Cl2N4OS2. The molecule has 5 aliphatic rings. The summed E-state index contributed by atoms with van der Waals surface area (Å²) in [5, 5.41) is 15.1. The highest BCUT2D eigenvalue weighted by Crippen LogP contribution is 2.61. The van der Waals surface area contributed by atoms with Crippen LogP contribution in [0.4, 0.5) is 5.13 Å². The van der Waals surface area contributed by atoms with E-state index in [1.807, 2.05) is 0 Å². The number of hydrogen-bond acceptors (Lipinski definition) is 6. The van der Waals surface area contributed by atoms with Gasteiger partial charge in [-0.2, -0.15) is 4.99 Å². The number of nitrogens with zero attached hydrogens (tertiary/aromatic N) is 3. The maximum Gasteiger partial charge on any atom is 0.264 e. The lowest BCUT2D eigenvalue weighted by molar-refractivity contribution is -0.115. The van der Waals surface area contributed by atoms with Gasteiger partial charge >= 0.3 is 0 Å². The Labute approximate surface area is 198 Å². The number of thioether (sulfide) groups is 1. The molecule has 1 aromatic carbocycles. The zero-order chi connectivity index (χ0) is 21.2. The van der Waals surface area contributed by atoms with Crippen LogP contribution in [0.3, 0.4) is 0 Å². The van der Waals surface area contributed by atoms with Gasteiger partial charge in [0, 0.05) is 15.5 Å². The molecule has 4 bridgehead atoms. The number of nitrogens with one attached hydrogen (secondary N) is 1. The predicted octanol–water partition coefficient (Wildman–Crippen LogP) is 6.20. The van der Waals surface area contributed by atoms with Crippen LogP contribution in [-0.2, 0) is 10.2 Å². The van der Waals surface area contributed by atoms with Crippen molar-refractivity contribution in [2.75, 3.05) is 0 Å². The molecule has 160 valence electrons. The van der Waals surface area contributed by atoms with Crippen molar-refractivity contribution in [3.63, 3.8) is 0 Å². The van der Waals surface area contributed by atoms with E-state index in [1.165, 1.54) is 50.3 Å². The number of aromatic nitrogens is 2. The maximum atomic E-state index is 12.4. The SMILES string of the molecule is O=C1NC(=Nc2nnc(C34CC5CC(CC(C5)C3)C4)s2)S/C1=C/c1ccc(Cl)cc1Cl. The van der Waals surface area contributed by atoms with Crippen molar-refractivity contribution < 1.29 is 4.79 Å². The predicted molar refractivity (Wildman–Crippen MR) is 127 cm³/mol. The molecule has 1 saturated heterocycles. The van der Waals surface area contributed by atoms with Crippen LogP contribution in [0.1, 0.15) is 49.1 Å². The fourth-order valence-corrected chi connectivity index (χ4v) is 8.45. The molecule has 0 unspecified atom stereocenters. The fourth-order valence-electron chi connectivity index (χ4n) is 6.17. The smallest absolute Gasteiger partial charge is 0.264 e. The average Bonchev–Trinajstić information content (AvgIpc) is 3.30. The van der Waals surface area contributed by atoms with Crippen LogP contribution >= 0.6 is 46.3 Å². The van der Waals surface area contributed by atoms with Gasteiger partial charge in [0.2, 0.25) is 5.13 Å². The van der Waals surface area contributed by atoms with Crippen molar-refractivity contribution in [2.45, 2.75) is 43.9 Å². The lowest BCUT2D eigenvalue weighted by Gasteiger charge is -2.55. The second kappa shape index (κ2) is 7.58. The third-order valence-corrected chi connectivity index (χ3v) is 9.54. The first-order valence-electron chi connectivity index (χ1n) is 10.5. The summed E-state index contributed by atoms with van der Waals surface area (Å²) in [5.41, 5.74) is 0.956. The number of amides is 1. The zero-order valence-electron chi connectivity index (χ0n) is 16.6. The normalized spacial score (nSPS) is 34.1. The molecule has 1 aliphatic heterocycles. The molecule has 1 aromatic heterocycles. The van der Waals surface area contributed by atoms with Crippen LogP contribution in [-0.4, -0.2) is 21.3 Å². The number of rotatable bonds is 3. The van der Waals surface area contributed by atoms with Crippen LogP contribution in [0.2, 0.25) is 10.0 Å². The van der Waals surface area contributed by atoms with Gasteiger partial charge in [0.25, 0.3) is 5.91 Å². The molecule has 5 fully saturated rings. The molecule has 1 N–H and O–H groups in total. The Morgan fingerprint density at radius 1 is 1.10 bits per heavy atom. The van der Waals surface area contributed by atoms with Gasteiger partial charge in [0.15, 0.2) is 5.17 Å². The Morgan fingerprint density at radius 3 is 2.48 bits per heavy atom. The van der Waals surface area contributed by atoms with Gasteiger partial charge < -0.3 is 5.32 Å². The Bertz CT molecular complexity index is 1110. The first-order valence-corrected chi connectivity index (χ1v) is 12.9. The van der Waals surface area contributed by atoms with Crippen molar-refractivity contribution in [1.82, 2.24) is 15.5 Å². The van der Waals surface area contributed by atoms with Crippen molar-refractivity contribution in [2.24, 2.45) is 22.7 Å². The van der Waals surface area contributed by atoms with Gasteiger partial charge in [0.1, 0.15) is 5.01 Å². The van der Waals surface area contributed by atoms with E-state index in [0.717, 1.165) is 28.3 Å². The third-order valence-electron chi connectivity index (χ3n) is 7.00. The van der Waals surface area contributed by atoms with E-state index in [-0.39, 0.29) is 11.3 Å². The van der Waals surface area contributed by atoms with Gasteiger partial charge in [-0.25, -0.2) is 0 Å². The molecule has 2 aromatic rings. The molecule has 0 spiro atoms. The topological polar surface area (TPSA) is 67.2 Å². The molecule has 9 heteroatoms. The van der Waals surface area contributed by atoms with E-state index < -0.39 is 0 Å². The van der Waals surface area contributed by atoms with E-state index in [1.54, 1.807) is 35.6 Å². The monoisotopic (exact) mass is 490 g/mol. The molecular weight excluding hydrogens is 471 g/mol. The number of carbonyl (C=O) groups is 1. The molecule has 0 atom stereocenters. The van der Waals surface area contributed by atoms with Crippen LogP contribution in [0, 0.1) is 17.8 Å². The maximum absolute atomic E-state index is 12.4. The van der Waals surface area contributed by atoms with E-state index >= 15 is 0 Å². The van der Waals surface area contributed by atoms with Crippen molar-refractivity contribution >= 4 is 68.6 Å². The van der Waals surface area contributed by atoms with Crippen LogP contribution in [0.5, 0.6) is 0 Å². The zero-order valence-corrected chi connectivity index (χ0v) is 19.8. The minimum absolute atomic E-state index is 0.194. The van der Waals surface area contributed by atoms with Gasteiger partial charge in [-0.15, -0.1) is 10.2 Å². The molecule has 7 rings (SSSR count). The summed E-state index contributed by atoms with van der Waals surface area (Å²) in [6.07, 6.45) is 9.73. The molecule has 4 aliphatic carbocycles. The number of amidine groups is 1. The van der Waals surface area contributed by atoms with Crippen LogP contribution in [0.25, 0.3) is 6.08 Å². The summed E-state index contributed by atoms with van der Waals surface area (Å²) in [5.74, 6) is 2.39. The molecule has 4 saturated carbocycles. The van der Waals surface area contributed by atoms with Gasteiger partial charge in [-0.1, -0.05) is 40.6 Å². The second-order valence-corrected chi connectivity index (χ2v) is 12.1. The Morgan fingerprint density at radius 2 is 1.81 bits per heavy atom. The first-order chi connectivity index (χ1) is 15.0. The molecule has 2 heterocycles. The van der Waals surface area contributed by atoms with Gasteiger partial charge in [0.05, 0.1) is 4.91 Å². The second-order valence-electron chi connectivity index (χ2n) is 9.24. The van der Waals surface area contributed by atoms with E-state index in [2.05, 4.69) is 20.5 Å². The fraction of sp³-hybridized carbons (Fsp3) is 0.455. The Kier molecular flexibility index (Phi) is 4.94. The van der Waals surface area contributed by atoms with Crippen LogP contribution in [0.15, 0.2) is 28.1 Å². The highest BCUT2D eigenvalue weighted by Gasteiger charge is 2.53. The van der Waals surface area contributed by atoms with Crippen LogP contribution < -0.4 is 5.32 Å². The lowest BCUT2D eigenvalue weighted by Crippen LogP contribution is -2.48. The van der Waals surface area contributed by atoms with E-state index in [0.29, 0.717) is 25.2 Å². The highest BCUT2D eigenvalue weighted by molar-refractivity contribution is 8.18. The standard InChI is InChI=1S/C22H20Cl2N4OS2/c23-15-2-1-14(16(24)7-15)6-17-18(29)25-20(30-17)26-21-28-27-19(31-21)22-8-11-3-12(9-22)5-13(4-11)10-22/h1-2,6-7,11-13H,3-5,8-10H2,(H,25,26,28,29)/b17-6+. The highest BCUT2D eigenvalue weighted by atomic mass is 35.5. The van der Waals surface area contributed by atoms with E-state index in [9.17, 15) is 4.79 Å². The number of halogens is 2. The Hall–Kier alpha value is -1.41. The molecule has 31 heavy (non-hydrogen) atoms. The largest absolute Gasteiger partial charge is 0.300 e. The summed E-state index contributed by atoms with van der Waals surface area (Å²) in [7, 11) is 0. The first kappa shape index (κ1) is 20.2. The minimum atomic E-state index is -0.194. The molecule has 5 nitrogen and oxygen atoms in total.